The number of anilines is 3. The SMILES string of the molecule is C=CCN(CC=C)c1ccc(Cl)cc1N1CCN(C(Cc2ccc(N3CCN(C4CCOCC4)CC3=O)cc2)C(=O)OC(C)(C)C)C(=O)C1=O. The summed E-state index contributed by atoms with van der Waals surface area (Å²) in [6, 6.07) is 12.0. The van der Waals surface area contributed by atoms with Crippen molar-refractivity contribution >= 4 is 52.4 Å². The van der Waals surface area contributed by atoms with Crippen molar-refractivity contribution in [3.63, 3.8) is 0 Å². The fourth-order valence-corrected chi connectivity index (χ4v) is 6.96. The highest BCUT2D eigenvalue weighted by atomic mass is 35.5. The van der Waals surface area contributed by atoms with Crippen molar-refractivity contribution in [3.8, 4) is 0 Å². The first-order valence-electron chi connectivity index (χ1n) is 17.2. The molecule has 3 fully saturated rings. The number of halogens is 1. The lowest BCUT2D eigenvalue weighted by Crippen LogP contribution is -2.60. The molecule has 3 saturated heterocycles. The van der Waals surface area contributed by atoms with Crippen molar-refractivity contribution < 1.29 is 28.7 Å². The second kappa shape index (κ2) is 16.2. The summed E-state index contributed by atoms with van der Waals surface area (Å²) in [6.07, 6.45) is 5.51. The minimum Gasteiger partial charge on any atom is -0.458 e. The molecule has 0 saturated carbocycles. The van der Waals surface area contributed by atoms with Crippen LogP contribution in [-0.4, -0.2) is 110 Å². The van der Waals surface area contributed by atoms with Gasteiger partial charge >= 0.3 is 17.8 Å². The highest BCUT2D eigenvalue weighted by molar-refractivity contribution is 6.41. The van der Waals surface area contributed by atoms with E-state index in [1.54, 1.807) is 50.0 Å². The van der Waals surface area contributed by atoms with E-state index in [1.165, 1.54) is 9.80 Å². The van der Waals surface area contributed by atoms with Gasteiger partial charge in [0.2, 0.25) is 5.91 Å². The molecular weight excluding hydrogens is 658 g/mol. The van der Waals surface area contributed by atoms with Crippen LogP contribution in [0.1, 0.15) is 39.2 Å². The number of rotatable bonds is 12. The van der Waals surface area contributed by atoms with E-state index >= 15 is 0 Å². The molecule has 1 atom stereocenters. The van der Waals surface area contributed by atoms with Crippen molar-refractivity contribution in [2.75, 3.05) is 73.7 Å². The summed E-state index contributed by atoms with van der Waals surface area (Å²) in [5, 5.41) is 0.418. The Morgan fingerprint density at radius 2 is 1.62 bits per heavy atom. The summed E-state index contributed by atoms with van der Waals surface area (Å²) in [5.74, 6) is -2.12. The summed E-state index contributed by atoms with van der Waals surface area (Å²) >= 11 is 6.38. The average molecular weight is 706 g/mol. The van der Waals surface area contributed by atoms with Crippen molar-refractivity contribution in [1.29, 1.82) is 0 Å². The maximum atomic E-state index is 13.9. The van der Waals surface area contributed by atoms with Gasteiger partial charge in [-0.05, 0) is 69.5 Å². The van der Waals surface area contributed by atoms with E-state index in [9.17, 15) is 19.2 Å². The topological polar surface area (TPSA) is 103 Å². The van der Waals surface area contributed by atoms with Gasteiger partial charge in [-0.1, -0.05) is 35.9 Å². The van der Waals surface area contributed by atoms with E-state index in [0.717, 1.165) is 43.9 Å². The van der Waals surface area contributed by atoms with Crippen molar-refractivity contribution in [3.05, 3.63) is 78.4 Å². The molecule has 3 amide bonds. The molecule has 0 N–H and O–H groups in total. The van der Waals surface area contributed by atoms with E-state index in [0.29, 0.717) is 48.6 Å². The number of hydrogen-bond acceptors (Lipinski definition) is 8. The molecule has 3 aliphatic heterocycles. The molecule has 5 rings (SSSR count). The van der Waals surface area contributed by atoms with Gasteiger partial charge in [-0.25, -0.2) is 4.79 Å². The van der Waals surface area contributed by atoms with Crippen LogP contribution in [0.4, 0.5) is 17.1 Å². The summed E-state index contributed by atoms with van der Waals surface area (Å²) in [7, 11) is 0. The predicted molar refractivity (Wildman–Crippen MR) is 196 cm³/mol. The van der Waals surface area contributed by atoms with Gasteiger partial charge in [-0.3, -0.25) is 19.3 Å². The average Bonchev–Trinajstić information content (AvgIpc) is 3.08. The molecule has 2 aromatic carbocycles. The Labute approximate surface area is 300 Å². The summed E-state index contributed by atoms with van der Waals surface area (Å²) < 4.78 is 11.3. The van der Waals surface area contributed by atoms with Crippen molar-refractivity contribution in [2.24, 2.45) is 0 Å². The second-order valence-electron chi connectivity index (χ2n) is 13.8. The van der Waals surface area contributed by atoms with Gasteiger partial charge in [0.05, 0.1) is 17.9 Å². The molecule has 0 spiro atoms. The first-order chi connectivity index (χ1) is 23.9. The lowest BCUT2D eigenvalue weighted by molar-refractivity contribution is -0.166. The molecule has 12 heteroatoms. The molecule has 2 aromatic rings. The predicted octanol–water partition coefficient (Wildman–Crippen LogP) is 4.47. The quantitative estimate of drug-likeness (QED) is 0.181. The van der Waals surface area contributed by atoms with Crippen LogP contribution in [0.25, 0.3) is 0 Å². The Morgan fingerprint density at radius 1 is 0.960 bits per heavy atom. The normalized spacial score (nSPS) is 18.6. The van der Waals surface area contributed by atoms with Crippen molar-refractivity contribution in [2.45, 2.75) is 57.7 Å². The van der Waals surface area contributed by atoms with Gasteiger partial charge in [0, 0.05) is 75.7 Å². The molecule has 50 heavy (non-hydrogen) atoms. The molecule has 0 radical (unpaired) electrons. The molecule has 0 aromatic heterocycles. The van der Waals surface area contributed by atoms with Gasteiger partial charge in [0.25, 0.3) is 0 Å². The Morgan fingerprint density at radius 3 is 2.24 bits per heavy atom. The fraction of sp³-hybridized carbons (Fsp3) is 0.474. The zero-order valence-electron chi connectivity index (χ0n) is 29.3. The zero-order valence-corrected chi connectivity index (χ0v) is 30.1. The van der Waals surface area contributed by atoms with Gasteiger partial charge in [-0.15, -0.1) is 13.2 Å². The molecule has 0 aliphatic carbocycles. The highest BCUT2D eigenvalue weighted by Gasteiger charge is 2.42. The Balaban J connectivity index is 1.33. The number of carbonyl (C=O) groups is 4. The number of piperazine rings is 2. The van der Waals surface area contributed by atoms with Crippen LogP contribution in [0.5, 0.6) is 0 Å². The van der Waals surface area contributed by atoms with Crippen LogP contribution in [-0.2, 0) is 35.1 Å². The van der Waals surface area contributed by atoms with Crippen LogP contribution in [0, 0.1) is 0 Å². The second-order valence-corrected chi connectivity index (χ2v) is 14.3. The molecule has 11 nitrogen and oxygen atoms in total. The van der Waals surface area contributed by atoms with Crippen LogP contribution >= 0.6 is 11.6 Å². The van der Waals surface area contributed by atoms with Gasteiger partial charge < -0.3 is 29.1 Å². The summed E-state index contributed by atoms with van der Waals surface area (Å²) in [4.78, 5) is 63.3. The first kappa shape index (κ1) is 37.1. The Kier molecular flexibility index (Phi) is 12.0. The maximum Gasteiger partial charge on any atom is 0.329 e. The molecule has 3 heterocycles. The smallest absolute Gasteiger partial charge is 0.329 e. The number of carbonyl (C=O) groups excluding carboxylic acids is 4. The maximum absolute atomic E-state index is 13.9. The molecule has 0 bridgehead atoms. The van der Waals surface area contributed by atoms with Gasteiger partial charge in [-0.2, -0.15) is 0 Å². The Hall–Kier alpha value is -4.19. The van der Waals surface area contributed by atoms with Crippen LogP contribution in [0.15, 0.2) is 67.8 Å². The molecule has 1 unspecified atom stereocenters. The van der Waals surface area contributed by atoms with Gasteiger partial charge in [0.15, 0.2) is 0 Å². The standard InChI is InChI=1S/C38H48ClN5O6/c1-6-16-40(17-7-2)31-13-10-28(39)25-32(31)43-20-21-44(36(47)35(43)46)33(37(48)50-38(3,4)5)24-27-8-11-30(12-9-27)42-19-18-41(26-34(42)45)29-14-22-49-23-15-29/h6-13,25,29,33H,1-2,14-24,26H2,3-5H3. The number of benzene rings is 2. The monoisotopic (exact) mass is 705 g/mol. The lowest BCUT2D eigenvalue weighted by atomic mass is 10.0. The van der Waals surface area contributed by atoms with E-state index in [4.69, 9.17) is 21.1 Å². The van der Waals surface area contributed by atoms with E-state index in [2.05, 4.69) is 18.1 Å². The number of amides is 3. The Bertz CT molecular complexity index is 1570. The molecule has 3 aliphatic rings. The number of nitrogens with zero attached hydrogens (tertiary/aromatic N) is 5. The largest absolute Gasteiger partial charge is 0.458 e. The lowest BCUT2D eigenvalue weighted by Gasteiger charge is -2.40. The van der Waals surface area contributed by atoms with E-state index in [1.807, 2.05) is 35.2 Å². The van der Waals surface area contributed by atoms with E-state index < -0.39 is 29.4 Å². The van der Waals surface area contributed by atoms with Crippen LogP contribution in [0.2, 0.25) is 5.02 Å². The number of ether oxygens (including phenoxy) is 2. The zero-order chi connectivity index (χ0) is 36.0. The third kappa shape index (κ3) is 8.75. The first-order valence-corrected chi connectivity index (χ1v) is 17.6. The number of esters is 1. The van der Waals surface area contributed by atoms with Gasteiger partial charge in [0.1, 0.15) is 11.6 Å². The summed E-state index contributed by atoms with van der Waals surface area (Å²) in [5.41, 5.74) is 1.93. The number of hydrogen-bond donors (Lipinski definition) is 0. The highest BCUT2D eigenvalue weighted by Crippen LogP contribution is 2.34. The van der Waals surface area contributed by atoms with Crippen LogP contribution < -0.4 is 14.7 Å². The van der Waals surface area contributed by atoms with E-state index in [-0.39, 0.29) is 25.4 Å². The minimum absolute atomic E-state index is 0.0454. The minimum atomic E-state index is -1.04. The fourth-order valence-electron chi connectivity index (χ4n) is 6.79. The van der Waals surface area contributed by atoms with Crippen molar-refractivity contribution in [1.82, 2.24) is 9.80 Å². The van der Waals surface area contributed by atoms with Crippen LogP contribution in [0.3, 0.4) is 0 Å². The third-order valence-corrected chi connectivity index (χ3v) is 9.45. The summed E-state index contributed by atoms with van der Waals surface area (Å²) in [6.45, 7) is 17.4. The molecular formula is C38H48ClN5O6. The third-order valence-electron chi connectivity index (χ3n) is 9.21. The molecule has 268 valence electrons.